The van der Waals surface area contributed by atoms with Gasteiger partial charge in [-0.15, -0.1) is 24.0 Å². The first-order chi connectivity index (χ1) is 14.2. The maximum absolute atomic E-state index is 12.7. The highest BCUT2D eigenvalue weighted by Crippen LogP contribution is 2.23. The fourth-order valence-corrected chi connectivity index (χ4v) is 4.81. The molecule has 1 aliphatic heterocycles. The number of benzene rings is 1. The van der Waals surface area contributed by atoms with Gasteiger partial charge < -0.3 is 15.5 Å². The van der Waals surface area contributed by atoms with E-state index in [-0.39, 0.29) is 35.1 Å². The molecular formula is C23H41IN4O2S. The predicted molar refractivity (Wildman–Crippen MR) is 141 cm³/mol. The van der Waals surface area contributed by atoms with Gasteiger partial charge in [-0.1, -0.05) is 46.2 Å². The monoisotopic (exact) mass is 564 g/mol. The molecule has 0 radical (unpaired) electrons. The summed E-state index contributed by atoms with van der Waals surface area (Å²) in [5, 5.41) is 6.62. The smallest absolute Gasteiger partial charge is 0.191 e. The number of hydrogen-bond acceptors (Lipinski definition) is 4. The number of hydrogen-bond donors (Lipinski definition) is 2. The van der Waals surface area contributed by atoms with Crippen LogP contribution in [0.25, 0.3) is 0 Å². The Kier molecular flexibility index (Phi) is 11.8. The molecule has 0 aromatic heterocycles. The molecule has 1 aromatic rings. The lowest BCUT2D eigenvalue weighted by atomic mass is 9.87. The Morgan fingerprint density at radius 2 is 1.77 bits per heavy atom. The third kappa shape index (κ3) is 9.26. The number of piperidine rings is 1. The zero-order chi connectivity index (χ0) is 22.2. The highest BCUT2D eigenvalue weighted by atomic mass is 127. The molecule has 0 saturated carbocycles. The number of halogens is 1. The highest BCUT2D eigenvalue weighted by molar-refractivity contribution is 14.0. The van der Waals surface area contributed by atoms with E-state index in [1.54, 1.807) is 19.2 Å². The van der Waals surface area contributed by atoms with E-state index in [1.807, 2.05) is 12.1 Å². The van der Waals surface area contributed by atoms with Gasteiger partial charge in [0, 0.05) is 32.7 Å². The minimum absolute atomic E-state index is 0. The van der Waals surface area contributed by atoms with Crippen LogP contribution in [0.15, 0.2) is 34.2 Å². The molecule has 1 heterocycles. The SMILES string of the molecule is CCCCN1CCC(NC(=NC)NCCS(=O)(=O)c2ccc(C(C)(C)C)cc2)CC1.I. The maximum atomic E-state index is 12.7. The molecule has 1 fully saturated rings. The number of guanidine groups is 1. The van der Waals surface area contributed by atoms with E-state index < -0.39 is 9.84 Å². The number of nitrogens with zero attached hydrogens (tertiary/aromatic N) is 2. The lowest BCUT2D eigenvalue weighted by Crippen LogP contribution is -2.49. The van der Waals surface area contributed by atoms with Gasteiger partial charge in [0.25, 0.3) is 0 Å². The van der Waals surface area contributed by atoms with Crippen LogP contribution in [0.1, 0.15) is 58.9 Å². The van der Waals surface area contributed by atoms with Gasteiger partial charge in [0.05, 0.1) is 10.6 Å². The molecule has 31 heavy (non-hydrogen) atoms. The Hall–Kier alpha value is -0.870. The van der Waals surface area contributed by atoms with Gasteiger partial charge in [-0.05, 0) is 48.9 Å². The Balaban J connectivity index is 0.00000480. The Labute approximate surface area is 206 Å². The number of unbranched alkanes of at least 4 members (excludes halogenated alkanes) is 1. The summed E-state index contributed by atoms with van der Waals surface area (Å²) >= 11 is 0. The fourth-order valence-electron chi connectivity index (χ4n) is 3.65. The molecule has 6 nitrogen and oxygen atoms in total. The molecule has 2 N–H and O–H groups in total. The van der Waals surface area contributed by atoms with Gasteiger partial charge in [-0.25, -0.2) is 8.42 Å². The first-order valence-corrected chi connectivity index (χ1v) is 12.8. The highest BCUT2D eigenvalue weighted by Gasteiger charge is 2.20. The van der Waals surface area contributed by atoms with Crippen molar-refractivity contribution in [1.29, 1.82) is 0 Å². The van der Waals surface area contributed by atoms with Crippen LogP contribution >= 0.6 is 24.0 Å². The third-order valence-corrected chi connectivity index (χ3v) is 7.45. The lowest BCUT2D eigenvalue weighted by Gasteiger charge is -2.33. The number of aliphatic imine (C=N–C) groups is 1. The summed E-state index contributed by atoms with van der Waals surface area (Å²) in [6.45, 7) is 12.3. The maximum Gasteiger partial charge on any atom is 0.191 e. The zero-order valence-corrected chi connectivity index (χ0v) is 22.9. The van der Waals surface area contributed by atoms with Crippen molar-refractivity contribution in [1.82, 2.24) is 15.5 Å². The first kappa shape index (κ1) is 28.2. The van der Waals surface area contributed by atoms with Crippen molar-refractivity contribution in [2.45, 2.75) is 69.7 Å². The predicted octanol–water partition coefficient (Wildman–Crippen LogP) is 3.81. The molecule has 178 valence electrons. The van der Waals surface area contributed by atoms with Gasteiger partial charge in [0.2, 0.25) is 0 Å². The molecule has 0 aliphatic carbocycles. The van der Waals surface area contributed by atoms with E-state index in [0.29, 0.717) is 23.4 Å². The minimum Gasteiger partial charge on any atom is -0.355 e. The second kappa shape index (κ2) is 13.0. The van der Waals surface area contributed by atoms with E-state index in [4.69, 9.17) is 0 Å². The van der Waals surface area contributed by atoms with E-state index in [1.165, 1.54) is 19.4 Å². The van der Waals surface area contributed by atoms with Crippen molar-refractivity contribution in [3.63, 3.8) is 0 Å². The summed E-state index contributed by atoms with van der Waals surface area (Å²) in [7, 11) is -1.60. The number of sulfone groups is 1. The average Bonchev–Trinajstić information content (AvgIpc) is 2.72. The van der Waals surface area contributed by atoms with Gasteiger partial charge in [-0.2, -0.15) is 0 Å². The van der Waals surface area contributed by atoms with Gasteiger partial charge in [0.1, 0.15) is 0 Å². The standard InChI is InChI=1S/C23H40N4O2S.HI/c1-6-7-15-27-16-12-20(13-17-27)26-22(24-5)25-14-18-30(28,29)21-10-8-19(9-11-21)23(2,3)4;/h8-11,20H,6-7,12-18H2,1-5H3,(H2,24,25,26);1H. The summed E-state index contributed by atoms with van der Waals surface area (Å²) in [6, 6.07) is 7.64. The quantitative estimate of drug-likeness (QED) is 0.286. The van der Waals surface area contributed by atoms with Crippen LogP contribution in [0.4, 0.5) is 0 Å². The molecular weight excluding hydrogens is 523 g/mol. The molecule has 0 bridgehead atoms. The van der Waals surface area contributed by atoms with Crippen LogP contribution in [-0.2, 0) is 15.3 Å². The van der Waals surface area contributed by atoms with Crippen LogP contribution in [0.5, 0.6) is 0 Å². The molecule has 0 spiro atoms. The van der Waals surface area contributed by atoms with Gasteiger partial charge in [-0.3, -0.25) is 4.99 Å². The number of rotatable bonds is 8. The van der Waals surface area contributed by atoms with E-state index >= 15 is 0 Å². The Morgan fingerprint density at radius 3 is 2.29 bits per heavy atom. The largest absolute Gasteiger partial charge is 0.355 e. The van der Waals surface area contributed by atoms with E-state index in [9.17, 15) is 8.42 Å². The van der Waals surface area contributed by atoms with Crippen LogP contribution in [0.3, 0.4) is 0 Å². The summed E-state index contributed by atoms with van der Waals surface area (Å²) in [6.07, 6.45) is 4.67. The van der Waals surface area contributed by atoms with Crippen molar-refractivity contribution in [3.8, 4) is 0 Å². The Morgan fingerprint density at radius 1 is 1.16 bits per heavy atom. The van der Waals surface area contributed by atoms with E-state index in [2.05, 4.69) is 48.2 Å². The first-order valence-electron chi connectivity index (χ1n) is 11.2. The van der Waals surface area contributed by atoms with Crippen LogP contribution in [0.2, 0.25) is 0 Å². The average molecular weight is 565 g/mol. The number of likely N-dealkylation sites (tertiary alicyclic amines) is 1. The summed E-state index contributed by atoms with van der Waals surface area (Å²) in [4.78, 5) is 7.17. The van der Waals surface area contributed by atoms with Crippen molar-refractivity contribution >= 4 is 39.8 Å². The molecule has 1 saturated heterocycles. The van der Waals surface area contributed by atoms with Gasteiger partial charge in [0.15, 0.2) is 15.8 Å². The zero-order valence-electron chi connectivity index (χ0n) is 19.8. The molecule has 0 unspecified atom stereocenters. The van der Waals surface area contributed by atoms with Crippen LogP contribution in [-0.4, -0.2) is 64.3 Å². The van der Waals surface area contributed by atoms with Crippen LogP contribution < -0.4 is 10.6 Å². The minimum atomic E-state index is -3.33. The lowest BCUT2D eigenvalue weighted by molar-refractivity contribution is 0.203. The summed E-state index contributed by atoms with van der Waals surface area (Å²) in [5.41, 5.74) is 1.14. The topological polar surface area (TPSA) is 73.8 Å². The molecule has 0 atom stereocenters. The molecule has 2 rings (SSSR count). The molecule has 1 aromatic carbocycles. The van der Waals surface area contributed by atoms with Gasteiger partial charge >= 0.3 is 0 Å². The van der Waals surface area contributed by atoms with E-state index in [0.717, 1.165) is 31.5 Å². The second-order valence-electron chi connectivity index (χ2n) is 9.21. The fraction of sp³-hybridized carbons (Fsp3) is 0.696. The molecule has 0 amide bonds. The normalized spacial score (nSPS) is 16.6. The van der Waals surface area contributed by atoms with Crippen molar-refractivity contribution in [3.05, 3.63) is 29.8 Å². The van der Waals surface area contributed by atoms with Crippen LogP contribution in [0, 0.1) is 0 Å². The Bertz CT molecular complexity index is 781. The molecule has 1 aliphatic rings. The summed E-state index contributed by atoms with van der Waals surface area (Å²) < 4.78 is 25.3. The van der Waals surface area contributed by atoms with Crippen molar-refractivity contribution < 1.29 is 8.42 Å². The molecule has 8 heteroatoms. The third-order valence-electron chi connectivity index (χ3n) is 5.72. The summed E-state index contributed by atoms with van der Waals surface area (Å²) in [5.74, 6) is 0.721. The number of nitrogens with one attached hydrogen (secondary N) is 2. The second-order valence-corrected chi connectivity index (χ2v) is 11.3. The van der Waals surface area contributed by atoms with Crippen molar-refractivity contribution in [2.75, 3.05) is 39.0 Å². The van der Waals surface area contributed by atoms with Crippen molar-refractivity contribution in [2.24, 2.45) is 4.99 Å².